The Morgan fingerprint density at radius 2 is 1.95 bits per heavy atom. The van der Waals surface area contributed by atoms with Gasteiger partial charge in [-0.25, -0.2) is 8.42 Å². The lowest BCUT2D eigenvalue weighted by Crippen LogP contribution is -2.13. The van der Waals surface area contributed by atoms with Crippen LogP contribution in [0.1, 0.15) is 43.9 Å². The van der Waals surface area contributed by atoms with E-state index in [1.54, 1.807) is 30.3 Å². The van der Waals surface area contributed by atoms with Crippen LogP contribution in [0.5, 0.6) is 0 Å². The van der Waals surface area contributed by atoms with E-state index in [-0.39, 0.29) is 4.90 Å². The SMILES string of the molecule is CCCC(C)c1cc(NS(=O)(=O)c2ccc(C)cc2)n[nH]1. The van der Waals surface area contributed by atoms with E-state index in [1.165, 1.54) is 0 Å². The Hall–Kier alpha value is -1.82. The molecule has 6 heteroatoms. The van der Waals surface area contributed by atoms with Crippen molar-refractivity contribution in [1.82, 2.24) is 10.2 Å². The molecule has 114 valence electrons. The summed E-state index contributed by atoms with van der Waals surface area (Å²) in [6.07, 6.45) is 2.11. The monoisotopic (exact) mass is 307 g/mol. The Morgan fingerprint density at radius 1 is 1.29 bits per heavy atom. The molecule has 1 aromatic heterocycles. The number of aromatic nitrogens is 2. The van der Waals surface area contributed by atoms with E-state index in [0.717, 1.165) is 24.1 Å². The summed E-state index contributed by atoms with van der Waals surface area (Å²) in [4.78, 5) is 0.235. The summed E-state index contributed by atoms with van der Waals surface area (Å²) in [5, 5.41) is 6.93. The molecule has 0 radical (unpaired) electrons. The van der Waals surface area contributed by atoms with Gasteiger partial charge in [0.1, 0.15) is 0 Å². The summed E-state index contributed by atoms with van der Waals surface area (Å²) in [7, 11) is -3.59. The highest BCUT2D eigenvalue weighted by Gasteiger charge is 2.16. The lowest BCUT2D eigenvalue weighted by Gasteiger charge is -2.06. The van der Waals surface area contributed by atoms with Crippen LogP contribution in [-0.4, -0.2) is 18.6 Å². The second-order valence-electron chi connectivity index (χ2n) is 5.32. The van der Waals surface area contributed by atoms with Crippen LogP contribution in [0.2, 0.25) is 0 Å². The highest BCUT2D eigenvalue weighted by Crippen LogP contribution is 2.22. The van der Waals surface area contributed by atoms with Gasteiger partial charge in [-0.05, 0) is 31.4 Å². The quantitative estimate of drug-likeness (QED) is 0.858. The molecule has 21 heavy (non-hydrogen) atoms. The van der Waals surface area contributed by atoms with E-state index >= 15 is 0 Å². The molecule has 0 amide bonds. The lowest BCUT2D eigenvalue weighted by atomic mass is 10.0. The maximum atomic E-state index is 12.3. The highest BCUT2D eigenvalue weighted by molar-refractivity contribution is 7.92. The molecule has 0 saturated carbocycles. The number of anilines is 1. The molecule has 0 aliphatic heterocycles. The van der Waals surface area contributed by atoms with Gasteiger partial charge in [-0.1, -0.05) is 38.0 Å². The fourth-order valence-electron chi connectivity index (χ4n) is 2.14. The molecule has 0 fully saturated rings. The molecule has 0 aliphatic rings. The number of rotatable bonds is 6. The number of sulfonamides is 1. The van der Waals surface area contributed by atoms with Gasteiger partial charge in [-0.3, -0.25) is 9.82 Å². The normalized spacial score (nSPS) is 13.1. The van der Waals surface area contributed by atoms with Gasteiger partial charge in [0.15, 0.2) is 5.82 Å². The predicted molar refractivity (Wildman–Crippen MR) is 83.9 cm³/mol. The van der Waals surface area contributed by atoms with Gasteiger partial charge < -0.3 is 0 Å². The Morgan fingerprint density at radius 3 is 2.57 bits per heavy atom. The number of aromatic amines is 1. The summed E-state index contributed by atoms with van der Waals surface area (Å²) in [5.41, 5.74) is 1.96. The van der Waals surface area contributed by atoms with Gasteiger partial charge in [-0.15, -0.1) is 0 Å². The van der Waals surface area contributed by atoms with E-state index in [2.05, 4.69) is 28.8 Å². The van der Waals surface area contributed by atoms with Crippen molar-refractivity contribution in [2.45, 2.75) is 44.4 Å². The molecule has 5 nitrogen and oxygen atoms in total. The number of hydrogen-bond acceptors (Lipinski definition) is 3. The number of H-pyrrole nitrogens is 1. The zero-order valence-corrected chi connectivity index (χ0v) is 13.4. The smallest absolute Gasteiger partial charge is 0.263 e. The molecule has 1 atom stereocenters. The minimum absolute atomic E-state index is 0.235. The number of nitrogens with one attached hydrogen (secondary N) is 2. The Labute approximate surface area is 125 Å². The number of aryl methyl sites for hydroxylation is 1. The Kier molecular flexibility index (Phi) is 4.67. The van der Waals surface area contributed by atoms with Gasteiger partial charge in [0.25, 0.3) is 10.0 Å². The third-order valence-corrected chi connectivity index (χ3v) is 4.79. The summed E-state index contributed by atoms with van der Waals surface area (Å²) >= 11 is 0. The van der Waals surface area contributed by atoms with Crippen molar-refractivity contribution in [3.63, 3.8) is 0 Å². The topological polar surface area (TPSA) is 74.8 Å². The van der Waals surface area contributed by atoms with Crippen LogP contribution < -0.4 is 4.72 Å². The molecule has 2 N–H and O–H groups in total. The van der Waals surface area contributed by atoms with Gasteiger partial charge in [0.05, 0.1) is 4.90 Å². The van der Waals surface area contributed by atoms with E-state index < -0.39 is 10.0 Å². The van der Waals surface area contributed by atoms with Crippen LogP contribution in [0.4, 0.5) is 5.82 Å². The van der Waals surface area contributed by atoms with E-state index in [9.17, 15) is 8.42 Å². The van der Waals surface area contributed by atoms with Gasteiger partial charge in [0.2, 0.25) is 0 Å². The third kappa shape index (κ3) is 3.85. The first-order valence-electron chi connectivity index (χ1n) is 7.07. The second kappa shape index (κ2) is 6.30. The molecule has 1 heterocycles. The van der Waals surface area contributed by atoms with E-state index in [1.807, 2.05) is 6.92 Å². The molecule has 2 aromatic rings. The van der Waals surface area contributed by atoms with Crippen LogP contribution >= 0.6 is 0 Å². The maximum Gasteiger partial charge on any atom is 0.263 e. The standard InChI is InChI=1S/C15H21N3O2S/c1-4-5-12(3)14-10-15(17-16-14)18-21(19,20)13-8-6-11(2)7-9-13/h6-10,12H,4-5H2,1-3H3,(H2,16,17,18). The molecule has 1 aromatic carbocycles. The zero-order valence-electron chi connectivity index (χ0n) is 12.6. The van der Waals surface area contributed by atoms with Gasteiger partial charge in [-0.2, -0.15) is 5.10 Å². The van der Waals surface area contributed by atoms with E-state index in [4.69, 9.17) is 0 Å². The molecule has 0 bridgehead atoms. The molecule has 1 unspecified atom stereocenters. The maximum absolute atomic E-state index is 12.3. The van der Waals surface area contributed by atoms with Crippen molar-refractivity contribution < 1.29 is 8.42 Å². The first-order valence-corrected chi connectivity index (χ1v) is 8.55. The Bertz CT molecular complexity index is 690. The second-order valence-corrected chi connectivity index (χ2v) is 7.00. The largest absolute Gasteiger partial charge is 0.280 e. The summed E-state index contributed by atoms with van der Waals surface area (Å²) in [6.45, 7) is 6.13. The van der Waals surface area contributed by atoms with Gasteiger partial charge in [0, 0.05) is 11.8 Å². The lowest BCUT2D eigenvalue weighted by molar-refractivity contribution is 0.601. The molecule has 2 rings (SSSR count). The fraction of sp³-hybridized carbons (Fsp3) is 0.400. The first kappa shape index (κ1) is 15.6. The zero-order chi connectivity index (χ0) is 15.5. The first-order chi connectivity index (χ1) is 9.92. The fourth-order valence-corrected chi connectivity index (χ4v) is 3.14. The van der Waals surface area contributed by atoms with Crippen LogP contribution in [0, 0.1) is 6.92 Å². The third-order valence-electron chi connectivity index (χ3n) is 3.42. The number of benzene rings is 1. The van der Waals surface area contributed by atoms with Gasteiger partial charge >= 0.3 is 0 Å². The highest BCUT2D eigenvalue weighted by atomic mass is 32.2. The average Bonchev–Trinajstić information content (AvgIpc) is 2.87. The number of nitrogens with zero attached hydrogens (tertiary/aromatic N) is 1. The minimum Gasteiger partial charge on any atom is -0.280 e. The van der Waals surface area contributed by atoms with Crippen molar-refractivity contribution in [1.29, 1.82) is 0 Å². The molecular weight excluding hydrogens is 286 g/mol. The molecule has 0 spiro atoms. The van der Waals surface area contributed by atoms with Crippen molar-refractivity contribution in [2.24, 2.45) is 0 Å². The Balaban J connectivity index is 2.15. The summed E-state index contributed by atoms with van der Waals surface area (Å²) in [5.74, 6) is 0.661. The minimum atomic E-state index is -3.59. The van der Waals surface area contributed by atoms with E-state index in [0.29, 0.717) is 11.7 Å². The molecule has 0 saturated heterocycles. The number of hydrogen-bond donors (Lipinski definition) is 2. The summed E-state index contributed by atoms with van der Waals surface area (Å²) < 4.78 is 27.0. The van der Waals surface area contributed by atoms with Crippen molar-refractivity contribution in [3.8, 4) is 0 Å². The van der Waals surface area contributed by atoms with Crippen LogP contribution in [-0.2, 0) is 10.0 Å². The predicted octanol–water partition coefficient (Wildman–Crippen LogP) is 3.42. The van der Waals surface area contributed by atoms with Crippen molar-refractivity contribution in [3.05, 3.63) is 41.6 Å². The summed E-state index contributed by atoms with van der Waals surface area (Å²) in [6, 6.07) is 8.48. The van der Waals surface area contributed by atoms with Crippen molar-refractivity contribution in [2.75, 3.05) is 4.72 Å². The molecule has 0 aliphatic carbocycles. The van der Waals surface area contributed by atoms with Crippen LogP contribution in [0.3, 0.4) is 0 Å². The average molecular weight is 307 g/mol. The van der Waals surface area contributed by atoms with Crippen LogP contribution in [0.15, 0.2) is 35.2 Å². The molecular formula is C15H21N3O2S. The van der Waals surface area contributed by atoms with Crippen LogP contribution in [0.25, 0.3) is 0 Å². The van der Waals surface area contributed by atoms with Crippen molar-refractivity contribution >= 4 is 15.8 Å².